The number of hydrogen-bond donors (Lipinski definition) is 3. The molecule has 226 valence electrons. The van der Waals surface area contributed by atoms with Crippen molar-refractivity contribution < 1.29 is 37.0 Å². The number of carbonyl (C=O) groups is 2. The Labute approximate surface area is 236 Å². The van der Waals surface area contributed by atoms with Crippen LogP contribution in [0.3, 0.4) is 0 Å². The summed E-state index contributed by atoms with van der Waals surface area (Å²) >= 11 is 0. The molecule has 0 saturated carbocycles. The minimum atomic E-state index is -5.04. The molecule has 0 saturated heterocycles. The van der Waals surface area contributed by atoms with Gasteiger partial charge in [-0.3, -0.25) is 9.78 Å². The van der Waals surface area contributed by atoms with Crippen molar-refractivity contribution in [2.24, 2.45) is 0 Å². The number of ether oxygens (including phenoxy) is 1. The zero-order valence-corrected chi connectivity index (χ0v) is 23.3. The van der Waals surface area contributed by atoms with E-state index in [0.717, 1.165) is 50.2 Å². The van der Waals surface area contributed by atoms with Crippen molar-refractivity contribution in [3.63, 3.8) is 0 Å². The summed E-state index contributed by atoms with van der Waals surface area (Å²) in [6.45, 7) is 6.44. The van der Waals surface area contributed by atoms with Crippen molar-refractivity contribution in [1.29, 1.82) is 0 Å². The number of unbranched alkanes of at least 4 members (excludes halogenated alkanes) is 1. The topological polar surface area (TPSA) is 117 Å². The molecule has 9 nitrogen and oxygen atoms in total. The zero-order chi connectivity index (χ0) is 30.0. The molecule has 41 heavy (non-hydrogen) atoms. The van der Waals surface area contributed by atoms with Crippen LogP contribution in [0, 0.1) is 5.82 Å². The maximum Gasteiger partial charge on any atom is 0.418 e. The summed E-state index contributed by atoms with van der Waals surface area (Å²) in [5, 5.41) is 15.0. The molecule has 1 unspecified atom stereocenters. The van der Waals surface area contributed by atoms with Gasteiger partial charge in [-0.1, -0.05) is 6.07 Å². The van der Waals surface area contributed by atoms with Gasteiger partial charge in [0.25, 0.3) is 5.91 Å². The molecule has 0 bridgehead atoms. The Balaban J connectivity index is 1.58. The number of fused-ring (bicyclic) bond motifs is 1. The van der Waals surface area contributed by atoms with E-state index in [2.05, 4.69) is 21.7 Å². The van der Waals surface area contributed by atoms with Crippen LogP contribution in [0.4, 0.5) is 23.4 Å². The Morgan fingerprint density at radius 2 is 1.95 bits per heavy atom. The number of nitrogens with zero attached hydrogens (tertiary/aromatic N) is 3. The van der Waals surface area contributed by atoms with Gasteiger partial charge in [0.2, 0.25) is 0 Å². The molecule has 13 heteroatoms. The fraction of sp³-hybridized carbons (Fsp3) is 0.571. The molecule has 0 aliphatic carbocycles. The second-order valence-corrected chi connectivity index (χ2v) is 10.3. The van der Waals surface area contributed by atoms with Crippen molar-refractivity contribution >= 4 is 17.7 Å². The van der Waals surface area contributed by atoms with Crippen LogP contribution in [0.25, 0.3) is 0 Å². The summed E-state index contributed by atoms with van der Waals surface area (Å²) in [5.41, 5.74) is -0.650. The van der Waals surface area contributed by atoms with Gasteiger partial charge in [0.15, 0.2) is 5.82 Å². The van der Waals surface area contributed by atoms with E-state index < -0.39 is 41.0 Å². The normalized spacial score (nSPS) is 14.0. The maximum atomic E-state index is 14.2. The molecule has 1 aliphatic heterocycles. The second kappa shape index (κ2) is 15.1. The number of rotatable bonds is 15. The first kappa shape index (κ1) is 32.2. The van der Waals surface area contributed by atoms with E-state index in [1.807, 2.05) is 24.8 Å². The van der Waals surface area contributed by atoms with Crippen LogP contribution in [0.15, 0.2) is 24.5 Å². The van der Waals surface area contributed by atoms with Gasteiger partial charge in [0, 0.05) is 31.5 Å². The fourth-order valence-electron chi connectivity index (χ4n) is 4.58. The van der Waals surface area contributed by atoms with Crippen LogP contribution >= 0.6 is 0 Å². The Bertz CT molecular complexity index is 1180. The lowest BCUT2D eigenvalue weighted by Gasteiger charge is -2.25. The first-order valence-electron chi connectivity index (χ1n) is 13.8. The summed E-state index contributed by atoms with van der Waals surface area (Å²) in [4.78, 5) is 34.3. The number of anilines is 1. The quantitative estimate of drug-likeness (QED) is 0.210. The summed E-state index contributed by atoms with van der Waals surface area (Å²) in [7, 11) is 0. The number of nitrogens with one attached hydrogen (secondary N) is 2. The van der Waals surface area contributed by atoms with Crippen molar-refractivity contribution in [3.05, 3.63) is 52.7 Å². The number of alkyl halides is 3. The molecule has 3 rings (SSSR count). The standard InChI is InChI=1S/C28H37F4N5O4/c1-18(2)41-15-14-37(12-4-3-7-20-9-8-19-6-5-11-34-25(19)35-20)13-10-23(27(39)40)36-26(38)24-21(28(30,31)32)16-33-17-22(24)29/h8-9,16-18,23H,3-7,10-15H2,1-2H3,(H,34,35)(H,36,38)(H,39,40). The largest absolute Gasteiger partial charge is 0.480 e. The van der Waals surface area contributed by atoms with Gasteiger partial charge >= 0.3 is 12.1 Å². The SMILES string of the molecule is CC(C)OCCN(CCCCc1ccc2c(n1)NCCC2)CCC(NC(=O)c1c(F)cncc1C(F)(F)F)C(=O)O. The number of carbonyl (C=O) groups excluding carboxylic acids is 1. The third kappa shape index (κ3) is 9.92. The second-order valence-electron chi connectivity index (χ2n) is 10.3. The van der Waals surface area contributed by atoms with Gasteiger partial charge < -0.3 is 25.4 Å². The summed E-state index contributed by atoms with van der Waals surface area (Å²) in [6, 6.07) is 2.61. The lowest BCUT2D eigenvalue weighted by molar-refractivity contribution is -0.139. The van der Waals surface area contributed by atoms with Crippen LogP contribution < -0.4 is 10.6 Å². The van der Waals surface area contributed by atoms with Crippen molar-refractivity contribution in [3.8, 4) is 0 Å². The van der Waals surface area contributed by atoms with E-state index in [1.54, 1.807) is 0 Å². The van der Waals surface area contributed by atoms with Crippen molar-refractivity contribution in [1.82, 2.24) is 20.2 Å². The zero-order valence-electron chi connectivity index (χ0n) is 23.3. The smallest absolute Gasteiger partial charge is 0.418 e. The lowest BCUT2D eigenvalue weighted by atomic mass is 10.1. The minimum absolute atomic E-state index is 0.00434. The van der Waals surface area contributed by atoms with E-state index in [4.69, 9.17) is 9.72 Å². The molecule has 3 N–H and O–H groups in total. The molecule has 1 amide bonds. The van der Waals surface area contributed by atoms with Crippen LogP contribution in [0.1, 0.15) is 66.7 Å². The predicted molar refractivity (Wildman–Crippen MR) is 144 cm³/mol. The summed E-state index contributed by atoms with van der Waals surface area (Å²) in [6.07, 6.45) is 0.181. The Morgan fingerprint density at radius 3 is 2.66 bits per heavy atom. The molecule has 0 aromatic carbocycles. The van der Waals surface area contributed by atoms with Crippen LogP contribution in [-0.4, -0.2) is 76.8 Å². The van der Waals surface area contributed by atoms with Crippen LogP contribution in [0.2, 0.25) is 0 Å². The van der Waals surface area contributed by atoms with Gasteiger partial charge in [0.1, 0.15) is 11.9 Å². The maximum absolute atomic E-state index is 14.2. The molecule has 1 atom stereocenters. The molecular formula is C28H37F4N5O4. The van der Waals surface area contributed by atoms with Gasteiger partial charge in [-0.2, -0.15) is 13.2 Å². The number of aromatic nitrogens is 2. The highest BCUT2D eigenvalue weighted by atomic mass is 19.4. The van der Waals surface area contributed by atoms with Crippen molar-refractivity contribution in [2.75, 3.05) is 38.1 Å². The third-order valence-electron chi connectivity index (χ3n) is 6.74. The first-order valence-corrected chi connectivity index (χ1v) is 13.8. The van der Waals surface area contributed by atoms with E-state index in [-0.39, 0.29) is 19.1 Å². The molecule has 0 fully saturated rings. The fourth-order valence-corrected chi connectivity index (χ4v) is 4.58. The highest BCUT2D eigenvalue weighted by Crippen LogP contribution is 2.32. The number of aliphatic carboxylic acids is 1. The number of hydrogen-bond acceptors (Lipinski definition) is 7. The van der Waals surface area contributed by atoms with Gasteiger partial charge in [-0.05, 0) is 70.5 Å². The average Bonchev–Trinajstić information content (AvgIpc) is 2.91. The third-order valence-corrected chi connectivity index (χ3v) is 6.74. The van der Waals surface area contributed by atoms with E-state index in [1.165, 1.54) is 5.56 Å². The molecule has 3 heterocycles. The molecule has 2 aromatic rings. The average molecular weight is 584 g/mol. The minimum Gasteiger partial charge on any atom is -0.480 e. The predicted octanol–water partition coefficient (Wildman–Crippen LogP) is 4.32. The highest BCUT2D eigenvalue weighted by molar-refractivity contribution is 5.98. The number of pyridine rings is 2. The Kier molecular flexibility index (Phi) is 11.8. The summed E-state index contributed by atoms with van der Waals surface area (Å²) < 4.78 is 59.8. The number of halogens is 4. The molecule has 1 aliphatic rings. The van der Waals surface area contributed by atoms with E-state index in [0.29, 0.717) is 32.1 Å². The number of amides is 1. The Morgan fingerprint density at radius 1 is 1.17 bits per heavy atom. The number of aryl methyl sites for hydroxylation is 2. The number of carboxylic acids is 1. The van der Waals surface area contributed by atoms with Crippen molar-refractivity contribution in [2.45, 2.75) is 70.7 Å². The highest BCUT2D eigenvalue weighted by Gasteiger charge is 2.38. The van der Waals surface area contributed by atoms with Crippen LogP contribution in [0.5, 0.6) is 0 Å². The monoisotopic (exact) mass is 583 g/mol. The lowest BCUT2D eigenvalue weighted by Crippen LogP contribution is -2.44. The molecule has 0 spiro atoms. The first-order chi connectivity index (χ1) is 19.5. The number of carboxylic acid groups (broad SMARTS) is 1. The molecular weight excluding hydrogens is 546 g/mol. The van der Waals surface area contributed by atoms with Gasteiger partial charge in [0.05, 0.1) is 30.0 Å². The molecule has 2 aromatic heterocycles. The van der Waals surface area contributed by atoms with E-state index >= 15 is 0 Å². The molecule has 0 radical (unpaired) electrons. The van der Waals surface area contributed by atoms with Gasteiger partial charge in [-0.25, -0.2) is 14.2 Å². The van der Waals surface area contributed by atoms with Gasteiger partial charge in [-0.15, -0.1) is 0 Å². The van der Waals surface area contributed by atoms with E-state index in [9.17, 15) is 32.3 Å². The summed E-state index contributed by atoms with van der Waals surface area (Å²) in [5.74, 6) is -3.45. The Hall–Kier alpha value is -3.32. The van der Waals surface area contributed by atoms with Crippen LogP contribution in [-0.2, 0) is 28.5 Å².